The Labute approximate surface area is 224 Å². The van der Waals surface area contributed by atoms with Crippen molar-refractivity contribution >= 4 is 28.7 Å². The maximum atomic E-state index is 5.71. The summed E-state index contributed by atoms with van der Waals surface area (Å²) in [7, 11) is 1.71. The van der Waals surface area contributed by atoms with Crippen molar-refractivity contribution in [3.8, 4) is 5.75 Å². The lowest BCUT2D eigenvalue weighted by Gasteiger charge is -2.43. The van der Waals surface area contributed by atoms with Crippen LogP contribution in [-0.4, -0.2) is 45.5 Å². The van der Waals surface area contributed by atoms with Gasteiger partial charge < -0.3 is 25.8 Å². The van der Waals surface area contributed by atoms with E-state index < -0.39 is 0 Å². The van der Waals surface area contributed by atoms with Crippen molar-refractivity contribution in [3.05, 3.63) is 71.1 Å². The highest BCUT2D eigenvalue weighted by atomic mass is 16.5. The lowest BCUT2D eigenvalue weighted by molar-refractivity contribution is 0.102. The second kappa shape index (κ2) is 9.81. The van der Waals surface area contributed by atoms with Gasteiger partial charge in [0.15, 0.2) is 0 Å². The zero-order valence-electron chi connectivity index (χ0n) is 22.6. The molecule has 0 aliphatic carbocycles. The first-order chi connectivity index (χ1) is 18.4. The monoisotopic (exact) mass is 512 g/mol. The number of rotatable bonds is 6. The SMILES string of the molecule is C=C(c1cc2c(cc1OC)NNN2)N1CC[C@H](N2Cc3cnc(Nc4cc(C)cc(C)c4)nc3C2)C[C@@H]1C. The predicted molar refractivity (Wildman–Crippen MR) is 152 cm³/mol. The summed E-state index contributed by atoms with van der Waals surface area (Å²) in [5.41, 5.74) is 19.0. The Balaban J connectivity index is 1.11. The van der Waals surface area contributed by atoms with Gasteiger partial charge in [0.2, 0.25) is 5.95 Å². The molecule has 4 heterocycles. The molecule has 3 aromatic rings. The average molecular weight is 513 g/mol. The smallest absolute Gasteiger partial charge is 0.227 e. The van der Waals surface area contributed by atoms with Gasteiger partial charge in [-0.2, -0.15) is 0 Å². The molecule has 3 aliphatic heterocycles. The van der Waals surface area contributed by atoms with Crippen molar-refractivity contribution < 1.29 is 4.74 Å². The molecule has 0 radical (unpaired) electrons. The Morgan fingerprint density at radius 2 is 1.84 bits per heavy atom. The van der Waals surface area contributed by atoms with Crippen molar-refractivity contribution in [2.24, 2.45) is 0 Å². The van der Waals surface area contributed by atoms with Gasteiger partial charge in [0.25, 0.3) is 0 Å². The zero-order valence-corrected chi connectivity index (χ0v) is 22.6. The van der Waals surface area contributed by atoms with Crippen LogP contribution in [0.1, 0.15) is 47.7 Å². The number of hydrogen-bond acceptors (Lipinski definition) is 9. The summed E-state index contributed by atoms with van der Waals surface area (Å²) in [6.07, 6.45) is 4.14. The average Bonchev–Trinajstić information content (AvgIpc) is 3.53. The van der Waals surface area contributed by atoms with E-state index in [9.17, 15) is 0 Å². The lowest BCUT2D eigenvalue weighted by atomic mass is 9.95. The van der Waals surface area contributed by atoms with E-state index in [0.29, 0.717) is 18.0 Å². The molecule has 2 aromatic carbocycles. The van der Waals surface area contributed by atoms with Crippen LogP contribution in [0, 0.1) is 13.8 Å². The van der Waals surface area contributed by atoms with E-state index in [-0.39, 0.29) is 0 Å². The minimum absolute atomic E-state index is 0.361. The van der Waals surface area contributed by atoms with Crippen LogP contribution in [0.25, 0.3) is 5.70 Å². The Morgan fingerprint density at radius 3 is 2.58 bits per heavy atom. The van der Waals surface area contributed by atoms with E-state index in [1.54, 1.807) is 7.11 Å². The standard InChI is InChI=1S/C29H36N8O/c1-17-8-18(2)10-22(9-17)31-29-30-14-21-15-36(16-27(21)32-29)23-6-7-37(19(3)11-23)20(4)24-12-25-26(34-35-33-25)13-28(24)38-5/h8-10,12-14,19,23,33-35H,4,6-7,11,15-16H2,1-3,5H3,(H,30,31,32)/t19-,23-/m0/s1. The molecule has 1 aromatic heterocycles. The van der Waals surface area contributed by atoms with Crippen LogP contribution in [0.4, 0.5) is 23.0 Å². The van der Waals surface area contributed by atoms with Crippen LogP contribution < -0.4 is 26.4 Å². The van der Waals surface area contributed by atoms with Gasteiger partial charge in [0.05, 0.1) is 24.2 Å². The predicted octanol–water partition coefficient (Wildman–Crippen LogP) is 4.94. The normalized spacial score (nSPS) is 20.4. The molecule has 0 bridgehead atoms. The quantitative estimate of drug-likeness (QED) is 0.367. The zero-order chi connectivity index (χ0) is 26.4. The fourth-order valence-corrected chi connectivity index (χ4v) is 6.05. The van der Waals surface area contributed by atoms with Crippen LogP contribution in [0.15, 0.2) is 43.1 Å². The largest absolute Gasteiger partial charge is 0.496 e. The molecule has 3 aliphatic rings. The lowest BCUT2D eigenvalue weighted by Crippen LogP contribution is -2.46. The molecule has 9 heteroatoms. The van der Waals surface area contributed by atoms with Crippen LogP contribution in [0.5, 0.6) is 5.75 Å². The Morgan fingerprint density at radius 1 is 1.08 bits per heavy atom. The first-order valence-corrected chi connectivity index (χ1v) is 13.3. The summed E-state index contributed by atoms with van der Waals surface area (Å²) in [6, 6.07) is 11.4. The molecule has 2 atom stereocenters. The van der Waals surface area contributed by atoms with Gasteiger partial charge in [-0.1, -0.05) is 12.6 Å². The molecule has 4 N–H and O–H groups in total. The number of hydrazine groups is 2. The number of aromatic nitrogens is 2. The summed E-state index contributed by atoms with van der Waals surface area (Å²) >= 11 is 0. The molecular formula is C29H36N8O. The highest BCUT2D eigenvalue weighted by molar-refractivity contribution is 5.81. The number of ether oxygens (including phenoxy) is 1. The first kappa shape index (κ1) is 24.5. The third kappa shape index (κ3) is 4.63. The molecule has 0 spiro atoms. The van der Waals surface area contributed by atoms with Crippen molar-refractivity contribution in [1.82, 2.24) is 25.3 Å². The van der Waals surface area contributed by atoms with Crippen molar-refractivity contribution in [2.45, 2.75) is 58.8 Å². The van der Waals surface area contributed by atoms with Gasteiger partial charge in [-0.15, -0.1) is 5.53 Å². The van der Waals surface area contributed by atoms with Crippen LogP contribution in [-0.2, 0) is 13.1 Å². The summed E-state index contributed by atoms with van der Waals surface area (Å²) < 4.78 is 5.71. The van der Waals surface area contributed by atoms with Crippen molar-refractivity contribution in [1.29, 1.82) is 0 Å². The first-order valence-electron chi connectivity index (χ1n) is 13.3. The maximum Gasteiger partial charge on any atom is 0.227 e. The summed E-state index contributed by atoms with van der Waals surface area (Å²) in [5, 5.41) is 3.40. The summed E-state index contributed by atoms with van der Waals surface area (Å²) in [6.45, 7) is 13.7. The number of nitrogens with zero attached hydrogens (tertiary/aromatic N) is 4. The van der Waals surface area contributed by atoms with Gasteiger partial charge in [-0.05, 0) is 62.9 Å². The number of fused-ring (bicyclic) bond motifs is 2. The second-order valence-electron chi connectivity index (χ2n) is 10.7. The van der Waals surface area contributed by atoms with Crippen molar-refractivity contribution in [2.75, 3.05) is 29.8 Å². The number of aryl methyl sites for hydroxylation is 2. The Hall–Kier alpha value is -3.82. The van der Waals surface area contributed by atoms with Gasteiger partial charge in [0.1, 0.15) is 5.75 Å². The number of likely N-dealkylation sites (tertiary alicyclic amines) is 1. The maximum absolute atomic E-state index is 5.71. The summed E-state index contributed by atoms with van der Waals surface area (Å²) in [4.78, 5) is 14.5. The highest BCUT2D eigenvalue weighted by Gasteiger charge is 2.34. The van der Waals surface area contributed by atoms with E-state index in [0.717, 1.165) is 72.2 Å². The minimum atomic E-state index is 0.361. The highest BCUT2D eigenvalue weighted by Crippen LogP contribution is 2.39. The van der Waals surface area contributed by atoms with E-state index in [2.05, 4.69) is 88.1 Å². The molecule has 0 amide bonds. The molecule has 198 valence electrons. The minimum Gasteiger partial charge on any atom is -0.496 e. The molecular weight excluding hydrogens is 476 g/mol. The number of anilines is 4. The molecule has 1 saturated heterocycles. The third-order valence-electron chi connectivity index (χ3n) is 7.91. The van der Waals surface area contributed by atoms with E-state index in [1.807, 2.05) is 12.3 Å². The number of methoxy groups -OCH3 is 1. The molecule has 1 fully saturated rings. The Bertz CT molecular complexity index is 1370. The number of benzene rings is 2. The van der Waals surface area contributed by atoms with Gasteiger partial charge in [-0.3, -0.25) is 4.90 Å². The molecule has 6 rings (SSSR count). The van der Waals surface area contributed by atoms with E-state index >= 15 is 0 Å². The van der Waals surface area contributed by atoms with Gasteiger partial charge in [-0.25, -0.2) is 9.97 Å². The van der Waals surface area contributed by atoms with E-state index in [1.165, 1.54) is 16.7 Å². The molecule has 9 nitrogen and oxygen atoms in total. The fourth-order valence-electron chi connectivity index (χ4n) is 6.05. The summed E-state index contributed by atoms with van der Waals surface area (Å²) in [5.74, 6) is 1.48. The topological polar surface area (TPSA) is 89.6 Å². The Kier molecular flexibility index (Phi) is 6.33. The van der Waals surface area contributed by atoms with Crippen molar-refractivity contribution in [3.63, 3.8) is 0 Å². The van der Waals surface area contributed by atoms with Crippen LogP contribution in [0.2, 0.25) is 0 Å². The molecule has 0 unspecified atom stereocenters. The number of nitrogens with one attached hydrogen (secondary N) is 4. The van der Waals surface area contributed by atoms with E-state index in [4.69, 9.17) is 9.72 Å². The van der Waals surface area contributed by atoms with Crippen LogP contribution in [0.3, 0.4) is 0 Å². The molecule has 38 heavy (non-hydrogen) atoms. The van der Waals surface area contributed by atoms with Gasteiger partial charge in [0, 0.05) is 66.5 Å². The fraction of sp³-hybridized carbons (Fsp3) is 0.379. The third-order valence-corrected chi connectivity index (χ3v) is 7.91. The van der Waals surface area contributed by atoms with Crippen LogP contribution >= 0.6 is 0 Å². The second-order valence-corrected chi connectivity index (χ2v) is 10.7. The number of hydrogen-bond donors (Lipinski definition) is 4. The van der Waals surface area contributed by atoms with Gasteiger partial charge >= 0.3 is 0 Å². The molecule has 0 saturated carbocycles. The number of piperidine rings is 1.